The van der Waals surface area contributed by atoms with Crippen molar-refractivity contribution < 1.29 is 14.3 Å². The van der Waals surface area contributed by atoms with Gasteiger partial charge in [0.15, 0.2) is 0 Å². The van der Waals surface area contributed by atoms with E-state index in [0.29, 0.717) is 5.75 Å². The minimum atomic E-state index is -0.0572. The van der Waals surface area contributed by atoms with Crippen LogP contribution in [0, 0.1) is 11.8 Å². The smallest absolute Gasteiger partial charge is 0.227 e. The fourth-order valence-corrected chi connectivity index (χ4v) is 3.75. The van der Waals surface area contributed by atoms with E-state index in [-0.39, 0.29) is 23.7 Å². The number of carbonyl (C=O) groups excluding carboxylic acids is 2. The Bertz CT molecular complexity index is 826. The van der Waals surface area contributed by atoms with E-state index in [0.717, 1.165) is 49.0 Å². The maximum Gasteiger partial charge on any atom is 0.227 e. The number of carbonyl (C=O) groups is 2. The van der Waals surface area contributed by atoms with Crippen LogP contribution in [0.15, 0.2) is 48.5 Å². The summed E-state index contributed by atoms with van der Waals surface area (Å²) in [5.41, 5.74) is 2.77. The van der Waals surface area contributed by atoms with Crippen molar-refractivity contribution >= 4 is 23.2 Å². The van der Waals surface area contributed by atoms with Gasteiger partial charge in [-0.1, -0.05) is 31.2 Å². The summed E-state index contributed by atoms with van der Waals surface area (Å²) in [5, 5.41) is 6.04. The van der Waals surface area contributed by atoms with E-state index < -0.39 is 0 Å². The zero-order valence-corrected chi connectivity index (χ0v) is 16.5. The second-order valence-electron chi connectivity index (χ2n) is 7.27. The first-order valence-electron chi connectivity index (χ1n) is 9.94. The summed E-state index contributed by atoms with van der Waals surface area (Å²) in [6, 6.07) is 15.3. The van der Waals surface area contributed by atoms with Crippen molar-refractivity contribution in [2.75, 3.05) is 17.7 Å². The second-order valence-corrected chi connectivity index (χ2v) is 7.27. The molecular formula is C23H28N2O3. The molecule has 1 fully saturated rings. The first-order valence-corrected chi connectivity index (χ1v) is 9.94. The molecule has 0 saturated heterocycles. The van der Waals surface area contributed by atoms with Crippen LogP contribution in [0.25, 0.3) is 0 Å². The number of hydrogen-bond donors (Lipinski definition) is 2. The first-order chi connectivity index (χ1) is 13.6. The van der Waals surface area contributed by atoms with Gasteiger partial charge in [-0.2, -0.15) is 0 Å². The van der Waals surface area contributed by atoms with Gasteiger partial charge >= 0.3 is 0 Å². The number of methoxy groups -OCH3 is 1. The highest BCUT2D eigenvalue weighted by molar-refractivity contribution is 5.95. The SMILES string of the molecule is CCc1ccccc1NC(=O)C1CCC(C(=O)Nc2cccc(OC)c2)CC1. The molecule has 1 saturated carbocycles. The molecule has 0 unspecified atom stereocenters. The van der Waals surface area contributed by atoms with Crippen LogP contribution in [0.2, 0.25) is 0 Å². The van der Waals surface area contributed by atoms with Crippen LogP contribution in [-0.2, 0) is 16.0 Å². The van der Waals surface area contributed by atoms with Crippen molar-refractivity contribution in [3.63, 3.8) is 0 Å². The number of benzene rings is 2. The van der Waals surface area contributed by atoms with Gasteiger partial charge in [0.2, 0.25) is 11.8 Å². The number of rotatable bonds is 6. The quantitative estimate of drug-likeness (QED) is 0.767. The topological polar surface area (TPSA) is 67.4 Å². The van der Waals surface area contributed by atoms with Crippen molar-refractivity contribution in [1.29, 1.82) is 0 Å². The number of ether oxygens (including phenoxy) is 1. The molecule has 2 aromatic carbocycles. The van der Waals surface area contributed by atoms with Gasteiger partial charge < -0.3 is 15.4 Å². The first kappa shape index (κ1) is 19.9. The molecule has 0 spiro atoms. The minimum Gasteiger partial charge on any atom is -0.497 e. The Morgan fingerprint density at radius 3 is 2.21 bits per heavy atom. The number of para-hydroxylation sites is 1. The average molecular weight is 380 g/mol. The van der Waals surface area contributed by atoms with Crippen molar-refractivity contribution in [2.45, 2.75) is 39.0 Å². The Hall–Kier alpha value is -2.82. The van der Waals surface area contributed by atoms with Gasteiger partial charge in [0.05, 0.1) is 7.11 Å². The standard InChI is InChI=1S/C23H28N2O3/c1-3-16-7-4-5-10-21(16)25-23(27)18-13-11-17(12-14-18)22(26)24-19-8-6-9-20(15-19)28-2/h4-10,15,17-18H,3,11-14H2,1-2H3,(H,24,26)(H,25,27). The van der Waals surface area contributed by atoms with E-state index in [4.69, 9.17) is 4.74 Å². The molecule has 28 heavy (non-hydrogen) atoms. The lowest BCUT2D eigenvalue weighted by atomic mass is 9.81. The highest BCUT2D eigenvalue weighted by Gasteiger charge is 2.30. The van der Waals surface area contributed by atoms with Crippen LogP contribution < -0.4 is 15.4 Å². The second kappa shape index (κ2) is 9.40. The number of amides is 2. The highest BCUT2D eigenvalue weighted by atomic mass is 16.5. The third-order valence-electron chi connectivity index (χ3n) is 5.46. The molecule has 0 aliphatic heterocycles. The molecule has 0 radical (unpaired) electrons. The van der Waals surface area contributed by atoms with Crippen LogP contribution in [0.3, 0.4) is 0 Å². The predicted molar refractivity (Wildman–Crippen MR) is 112 cm³/mol. The van der Waals surface area contributed by atoms with Gasteiger partial charge in [-0.3, -0.25) is 9.59 Å². The van der Waals surface area contributed by atoms with Crippen molar-refractivity contribution in [1.82, 2.24) is 0 Å². The summed E-state index contributed by atoms with van der Waals surface area (Å²) in [7, 11) is 1.60. The Balaban J connectivity index is 1.52. The average Bonchev–Trinajstić information content (AvgIpc) is 2.74. The van der Waals surface area contributed by atoms with Crippen LogP contribution in [-0.4, -0.2) is 18.9 Å². The van der Waals surface area contributed by atoms with Gasteiger partial charge in [-0.25, -0.2) is 0 Å². The van der Waals surface area contributed by atoms with Crippen LogP contribution in [0.1, 0.15) is 38.2 Å². The van der Waals surface area contributed by atoms with Gasteiger partial charge in [-0.05, 0) is 55.9 Å². The maximum absolute atomic E-state index is 12.6. The van der Waals surface area contributed by atoms with E-state index in [9.17, 15) is 9.59 Å². The molecule has 2 aromatic rings. The van der Waals surface area contributed by atoms with Gasteiger partial charge in [0.25, 0.3) is 0 Å². The third kappa shape index (κ3) is 4.91. The predicted octanol–water partition coefficient (Wildman–Crippen LogP) is 4.64. The van der Waals surface area contributed by atoms with Crippen molar-refractivity contribution in [3.05, 3.63) is 54.1 Å². The van der Waals surface area contributed by atoms with E-state index >= 15 is 0 Å². The highest BCUT2D eigenvalue weighted by Crippen LogP contribution is 2.31. The van der Waals surface area contributed by atoms with Crippen molar-refractivity contribution in [2.24, 2.45) is 11.8 Å². The molecule has 0 bridgehead atoms. The lowest BCUT2D eigenvalue weighted by molar-refractivity contribution is -0.125. The lowest BCUT2D eigenvalue weighted by Crippen LogP contribution is -2.32. The Morgan fingerprint density at radius 1 is 0.929 bits per heavy atom. The molecule has 5 nitrogen and oxygen atoms in total. The number of anilines is 2. The zero-order valence-electron chi connectivity index (χ0n) is 16.5. The lowest BCUT2D eigenvalue weighted by Gasteiger charge is -2.27. The van der Waals surface area contributed by atoms with E-state index in [1.54, 1.807) is 7.11 Å². The Labute approximate surface area is 166 Å². The van der Waals surface area contributed by atoms with Crippen LogP contribution in [0.4, 0.5) is 11.4 Å². The third-order valence-corrected chi connectivity index (χ3v) is 5.46. The maximum atomic E-state index is 12.6. The normalized spacial score (nSPS) is 18.9. The molecule has 148 valence electrons. The molecule has 5 heteroatoms. The van der Waals surface area contributed by atoms with E-state index in [1.807, 2.05) is 48.5 Å². The molecule has 2 amide bonds. The molecule has 0 heterocycles. The van der Waals surface area contributed by atoms with Gasteiger partial charge in [0.1, 0.15) is 5.75 Å². The molecule has 1 aliphatic rings. The number of aryl methyl sites for hydroxylation is 1. The fraction of sp³-hybridized carbons (Fsp3) is 0.391. The monoisotopic (exact) mass is 380 g/mol. The largest absolute Gasteiger partial charge is 0.497 e. The summed E-state index contributed by atoms with van der Waals surface area (Å²) >= 11 is 0. The summed E-state index contributed by atoms with van der Waals surface area (Å²) in [5.74, 6) is 0.700. The van der Waals surface area contributed by atoms with Crippen LogP contribution >= 0.6 is 0 Å². The van der Waals surface area contributed by atoms with E-state index in [2.05, 4.69) is 17.6 Å². The molecule has 0 atom stereocenters. The fourth-order valence-electron chi connectivity index (χ4n) is 3.75. The zero-order chi connectivity index (χ0) is 19.9. The molecule has 0 aromatic heterocycles. The van der Waals surface area contributed by atoms with Crippen molar-refractivity contribution in [3.8, 4) is 5.75 Å². The van der Waals surface area contributed by atoms with E-state index in [1.165, 1.54) is 0 Å². The Morgan fingerprint density at radius 2 is 1.57 bits per heavy atom. The molecular weight excluding hydrogens is 352 g/mol. The summed E-state index contributed by atoms with van der Waals surface area (Å²) < 4.78 is 5.19. The molecule has 1 aliphatic carbocycles. The minimum absolute atomic E-state index is 0.0171. The molecule has 3 rings (SSSR count). The summed E-state index contributed by atoms with van der Waals surface area (Å²) in [6.07, 6.45) is 3.80. The summed E-state index contributed by atoms with van der Waals surface area (Å²) in [6.45, 7) is 2.08. The molecule has 2 N–H and O–H groups in total. The number of nitrogens with one attached hydrogen (secondary N) is 2. The van der Waals surface area contributed by atoms with Gasteiger partial charge in [-0.15, -0.1) is 0 Å². The Kier molecular flexibility index (Phi) is 6.69. The van der Waals surface area contributed by atoms with Gasteiger partial charge in [0, 0.05) is 29.3 Å². The number of hydrogen-bond acceptors (Lipinski definition) is 3. The van der Waals surface area contributed by atoms with Crippen LogP contribution in [0.5, 0.6) is 5.75 Å². The summed E-state index contributed by atoms with van der Waals surface area (Å²) in [4.78, 5) is 25.2.